The third-order valence-corrected chi connectivity index (χ3v) is 10.3. The van der Waals surface area contributed by atoms with Crippen molar-refractivity contribution in [3.63, 3.8) is 0 Å². The first kappa shape index (κ1) is 26.1. The second kappa shape index (κ2) is 9.67. The predicted molar refractivity (Wildman–Crippen MR) is 140 cm³/mol. The third-order valence-electron chi connectivity index (χ3n) is 7.79. The summed E-state index contributed by atoms with van der Waals surface area (Å²) in [5, 5.41) is 0. The molecule has 0 aromatic heterocycles. The molecule has 0 bridgehead atoms. The molecule has 37 heavy (non-hydrogen) atoms. The topological polar surface area (TPSA) is 104 Å². The van der Waals surface area contributed by atoms with Gasteiger partial charge >= 0.3 is 0 Å². The van der Waals surface area contributed by atoms with Gasteiger partial charge in [0.15, 0.2) is 0 Å². The van der Waals surface area contributed by atoms with E-state index >= 15 is 0 Å². The van der Waals surface area contributed by atoms with E-state index in [-0.39, 0.29) is 11.0 Å². The van der Waals surface area contributed by atoms with Gasteiger partial charge in [-0.05, 0) is 67.6 Å². The van der Waals surface area contributed by atoms with Crippen LogP contribution < -0.4 is 9.62 Å². The molecule has 1 aliphatic carbocycles. The highest BCUT2D eigenvalue weighted by atomic mass is 32.2. The number of hydrogen-bond acceptors (Lipinski definition) is 5. The lowest BCUT2D eigenvalue weighted by Gasteiger charge is -2.34. The average molecular weight is 550 g/mol. The molecule has 2 aromatic rings. The van der Waals surface area contributed by atoms with Crippen LogP contribution in [0.15, 0.2) is 41.3 Å². The lowest BCUT2D eigenvalue weighted by Crippen LogP contribution is -2.38. The Labute approximate surface area is 217 Å². The van der Waals surface area contributed by atoms with Gasteiger partial charge in [-0.15, -0.1) is 0 Å². The zero-order valence-corrected chi connectivity index (χ0v) is 22.5. The normalized spacial score (nSPS) is 20.1. The van der Waals surface area contributed by atoms with E-state index in [1.54, 1.807) is 17.0 Å². The molecule has 0 atom stereocenters. The Morgan fingerprint density at radius 2 is 1.59 bits per heavy atom. The molecule has 2 heterocycles. The van der Waals surface area contributed by atoms with Crippen LogP contribution in [0, 0.1) is 5.82 Å². The molecule has 1 amide bonds. The number of halogens is 1. The molecular weight excluding hydrogens is 517 g/mol. The standard InChI is InChI=1S/C26H32FN3O5S2/c1-36(32,33)28-20-9-11-23-21(17-20)26(12-4-2-5-13-26)18-30(23)25(31)19-8-10-22(27)24(16-19)37(34,35)29-14-6-3-7-15-29/h8-11,16-17,28H,2-7,12-15,18H2,1H3. The Morgan fingerprint density at radius 3 is 2.27 bits per heavy atom. The molecule has 2 aromatic carbocycles. The Balaban J connectivity index is 1.52. The van der Waals surface area contributed by atoms with E-state index in [0.717, 1.165) is 75.3 Å². The summed E-state index contributed by atoms with van der Waals surface area (Å²) in [4.78, 5) is 15.0. The number of fused-ring (bicyclic) bond motifs is 2. The highest BCUT2D eigenvalue weighted by Crippen LogP contribution is 2.50. The minimum atomic E-state index is -4.06. The maximum absolute atomic E-state index is 14.8. The SMILES string of the molecule is CS(=O)(=O)Nc1ccc2c(c1)C1(CCCCC1)CN2C(=O)c1ccc(F)c(S(=O)(=O)N2CCCCC2)c1. The van der Waals surface area contributed by atoms with Gasteiger partial charge in [-0.3, -0.25) is 9.52 Å². The Morgan fingerprint density at radius 1 is 0.919 bits per heavy atom. The fourth-order valence-electron chi connectivity index (χ4n) is 6.02. The maximum atomic E-state index is 14.8. The second-order valence-corrected chi connectivity index (χ2v) is 14.1. The second-order valence-electron chi connectivity index (χ2n) is 10.4. The van der Waals surface area contributed by atoms with Gasteiger partial charge in [0.25, 0.3) is 5.91 Å². The summed E-state index contributed by atoms with van der Waals surface area (Å²) in [7, 11) is -7.53. The highest BCUT2D eigenvalue weighted by molar-refractivity contribution is 7.92. The maximum Gasteiger partial charge on any atom is 0.258 e. The van der Waals surface area contributed by atoms with Gasteiger partial charge in [0.05, 0.1) is 6.26 Å². The summed E-state index contributed by atoms with van der Waals surface area (Å²) in [6.07, 6.45) is 8.31. The van der Waals surface area contributed by atoms with Gasteiger partial charge in [-0.2, -0.15) is 4.31 Å². The van der Waals surface area contributed by atoms with Crippen molar-refractivity contribution < 1.29 is 26.0 Å². The van der Waals surface area contributed by atoms with Crippen molar-refractivity contribution >= 4 is 37.3 Å². The van der Waals surface area contributed by atoms with Crippen LogP contribution in [-0.2, 0) is 25.5 Å². The van der Waals surface area contributed by atoms with E-state index in [2.05, 4.69) is 4.72 Å². The number of nitrogens with one attached hydrogen (secondary N) is 1. The zero-order chi connectivity index (χ0) is 26.4. The molecule has 2 aliphatic heterocycles. The fraction of sp³-hybridized carbons (Fsp3) is 0.500. The van der Waals surface area contributed by atoms with E-state index in [4.69, 9.17) is 0 Å². The van der Waals surface area contributed by atoms with Gasteiger partial charge in [0.2, 0.25) is 20.0 Å². The van der Waals surface area contributed by atoms with Crippen molar-refractivity contribution in [2.24, 2.45) is 0 Å². The summed E-state index contributed by atoms with van der Waals surface area (Å²) in [5.41, 5.74) is 1.83. The Bertz CT molecular complexity index is 1430. The molecule has 1 N–H and O–H groups in total. The first-order chi connectivity index (χ1) is 17.5. The zero-order valence-electron chi connectivity index (χ0n) is 20.9. The first-order valence-electron chi connectivity index (χ1n) is 12.7. The number of carbonyl (C=O) groups excluding carboxylic acids is 1. The van der Waals surface area contributed by atoms with E-state index < -0.39 is 36.7 Å². The van der Waals surface area contributed by atoms with E-state index in [1.165, 1.54) is 10.4 Å². The van der Waals surface area contributed by atoms with Crippen molar-refractivity contribution in [2.45, 2.75) is 61.7 Å². The molecular formula is C26H32FN3O5S2. The van der Waals surface area contributed by atoms with E-state index in [1.807, 2.05) is 6.07 Å². The minimum Gasteiger partial charge on any atom is -0.307 e. The number of nitrogens with zero attached hydrogens (tertiary/aromatic N) is 2. The van der Waals surface area contributed by atoms with Crippen molar-refractivity contribution in [1.29, 1.82) is 0 Å². The molecule has 5 rings (SSSR count). The Hall–Kier alpha value is -2.50. The quantitative estimate of drug-likeness (QED) is 0.601. The molecule has 1 saturated carbocycles. The number of anilines is 2. The van der Waals surface area contributed by atoms with Crippen molar-refractivity contribution in [2.75, 3.05) is 35.5 Å². The van der Waals surface area contributed by atoms with Crippen molar-refractivity contribution in [1.82, 2.24) is 4.31 Å². The van der Waals surface area contributed by atoms with Gasteiger partial charge in [-0.1, -0.05) is 25.7 Å². The summed E-state index contributed by atoms with van der Waals surface area (Å²) >= 11 is 0. The molecule has 200 valence electrons. The lowest BCUT2D eigenvalue weighted by atomic mass is 9.70. The van der Waals surface area contributed by atoms with Crippen LogP contribution in [0.5, 0.6) is 0 Å². The van der Waals surface area contributed by atoms with Crippen LogP contribution in [0.4, 0.5) is 15.8 Å². The van der Waals surface area contributed by atoms with Crippen LogP contribution >= 0.6 is 0 Å². The van der Waals surface area contributed by atoms with Gasteiger partial charge in [0.1, 0.15) is 10.7 Å². The van der Waals surface area contributed by atoms with Crippen molar-refractivity contribution in [3.8, 4) is 0 Å². The number of piperidine rings is 1. The summed E-state index contributed by atoms with van der Waals surface area (Å²) in [6, 6.07) is 8.71. The summed E-state index contributed by atoms with van der Waals surface area (Å²) < 4.78 is 68.6. The van der Waals surface area contributed by atoms with E-state index in [9.17, 15) is 26.0 Å². The van der Waals surface area contributed by atoms with Gasteiger partial charge in [0, 0.05) is 42.0 Å². The van der Waals surface area contributed by atoms with Crippen LogP contribution in [0.1, 0.15) is 67.3 Å². The molecule has 8 nitrogen and oxygen atoms in total. The molecule has 11 heteroatoms. The molecule has 1 spiro atoms. The van der Waals surface area contributed by atoms with Crippen molar-refractivity contribution in [3.05, 3.63) is 53.3 Å². The summed E-state index contributed by atoms with van der Waals surface area (Å²) in [5.74, 6) is -1.27. The van der Waals surface area contributed by atoms with Gasteiger partial charge < -0.3 is 4.90 Å². The van der Waals surface area contributed by atoms with Crippen LogP contribution in [0.3, 0.4) is 0 Å². The third kappa shape index (κ3) is 5.00. The number of carbonyl (C=O) groups is 1. The van der Waals surface area contributed by atoms with Crippen LogP contribution in [-0.4, -0.2) is 52.9 Å². The van der Waals surface area contributed by atoms with Crippen LogP contribution in [0.2, 0.25) is 0 Å². The molecule has 0 unspecified atom stereocenters. The molecule has 3 aliphatic rings. The summed E-state index contributed by atoms with van der Waals surface area (Å²) in [6.45, 7) is 1.09. The largest absolute Gasteiger partial charge is 0.307 e. The lowest BCUT2D eigenvalue weighted by molar-refractivity contribution is 0.0982. The fourth-order valence-corrected chi connectivity index (χ4v) is 8.18. The van der Waals surface area contributed by atoms with Gasteiger partial charge in [-0.25, -0.2) is 21.2 Å². The smallest absolute Gasteiger partial charge is 0.258 e. The number of rotatable bonds is 5. The Kier molecular flexibility index (Phi) is 6.82. The molecule has 2 fully saturated rings. The number of amides is 1. The number of sulfonamides is 2. The predicted octanol–water partition coefficient (Wildman–Crippen LogP) is 4.23. The monoisotopic (exact) mass is 549 g/mol. The first-order valence-corrected chi connectivity index (χ1v) is 16.1. The molecule has 1 saturated heterocycles. The highest BCUT2D eigenvalue weighted by Gasteiger charge is 2.45. The minimum absolute atomic E-state index is 0.106. The van der Waals surface area contributed by atoms with E-state index in [0.29, 0.717) is 31.0 Å². The average Bonchev–Trinajstić information content (AvgIpc) is 3.16. The molecule has 0 radical (unpaired) electrons. The van der Waals surface area contributed by atoms with Crippen LogP contribution in [0.25, 0.3) is 0 Å². The number of hydrogen-bond donors (Lipinski definition) is 1. The number of benzene rings is 2.